The van der Waals surface area contributed by atoms with E-state index in [2.05, 4.69) is 38.7 Å². The maximum atomic E-state index is 11.4. The number of esters is 1. The molecule has 2 rings (SSSR count). The second kappa shape index (κ2) is 8.76. The number of carbonyl (C=O) groups excluding carboxylic acids is 1. The third kappa shape index (κ3) is 5.67. The van der Waals surface area contributed by atoms with Gasteiger partial charge in [0.05, 0.1) is 13.0 Å². The summed E-state index contributed by atoms with van der Waals surface area (Å²) in [5.41, 5.74) is 3.10. The van der Waals surface area contributed by atoms with Crippen molar-refractivity contribution in [1.29, 1.82) is 0 Å². The molecule has 0 saturated heterocycles. The highest BCUT2D eigenvalue weighted by Crippen LogP contribution is 2.40. The summed E-state index contributed by atoms with van der Waals surface area (Å²) >= 11 is 0. The summed E-state index contributed by atoms with van der Waals surface area (Å²) in [6, 6.07) is 3.71. The topological polar surface area (TPSA) is 39.4 Å². The summed E-state index contributed by atoms with van der Waals surface area (Å²) in [6.07, 6.45) is 8.59. The lowest BCUT2D eigenvalue weighted by Gasteiger charge is -2.32. The van der Waals surface area contributed by atoms with E-state index in [9.17, 15) is 4.79 Å². The Morgan fingerprint density at radius 2 is 2.20 bits per heavy atom. The number of ether oxygens (including phenoxy) is 1. The second-order valence-electron chi connectivity index (χ2n) is 7.11. The molecule has 0 aliphatic heterocycles. The van der Waals surface area contributed by atoms with Crippen LogP contribution in [-0.4, -0.2) is 12.6 Å². The molecule has 0 saturated carbocycles. The van der Waals surface area contributed by atoms with Crippen LogP contribution in [-0.2, 0) is 16.0 Å². The van der Waals surface area contributed by atoms with Crippen molar-refractivity contribution in [3.8, 4) is 11.8 Å². The molecule has 0 fully saturated rings. The predicted octanol–water partition coefficient (Wildman–Crippen LogP) is 5.21. The lowest BCUT2D eigenvalue weighted by molar-refractivity contribution is -0.143. The summed E-state index contributed by atoms with van der Waals surface area (Å²) in [7, 11) is 0. The van der Waals surface area contributed by atoms with Crippen molar-refractivity contribution >= 4 is 5.97 Å². The van der Waals surface area contributed by atoms with Gasteiger partial charge in [0.15, 0.2) is 5.76 Å². The highest BCUT2D eigenvalue weighted by molar-refractivity contribution is 5.69. The summed E-state index contributed by atoms with van der Waals surface area (Å²) < 4.78 is 10.5. The molecule has 0 bridgehead atoms. The average Bonchev–Trinajstić information content (AvgIpc) is 2.99. The van der Waals surface area contributed by atoms with E-state index in [0.717, 1.165) is 5.76 Å². The Bertz CT molecular complexity index is 720. The number of carbonyl (C=O) groups is 1. The van der Waals surface area contributed by atoms with Crippen LogP contribution in [0.25, 0.3) is 0 Å². The van der Waals surface area contributed by atoms with Gasteiger partial charge < -0.3 is 9.15 Å². The standard InChI is InChI=1S/C22H28O3/c1-5-24-21(23)15-14-19-13-12-18(25-19)10-6-7-11-20-17(2)9-8-16-22(20,3)4/h7,11-13H,5,8-9,14-16H2,1-4H3. The third-order valence-electron chi connectivity index (χ3n) is 4.61. The number of allylic oxidation sites excluding steroid dienone is 4. The van der Waals surface area contributed by atoms with Gasteiger partial charge in [0.1, 0.15) is 5.76 Å². The Morgan fingerprint density at radius 1 is 1.40 bits per heavy atom. The first-order valence-corrected chi connectivity index (χ1v) is 9.05. The minimum absolute atomic E-state index is 0.201. The normalized spacial score (nSPS) is 16.6. The molecule has 1 aliphatic rings. The molecule has 3 heteroatoms. The summed E-state index contributed by atoms with van der Waals surface area (Å²) in [4.78, 5) is 11.4. The minimum atomic E-state index is -0.201. The van der Waals surface area contributed by atoms with Gasteiger partial charge in [0.25, 0.3) is 0 Å². The lowest BCUT2D eigenvalue weighted by atomic mass is 9.73. The molecule has 0 aromatic carbocycles. The van der Waals surface area contributed by atoms with E-state index in [0.29, 0.717) is 25.2 Å². The van der Waals surface area contributed by atoms with Gasteiger partial charge in [-0.15, -0.1) is 0 Å². The van der Waals surface area contributed by atoms with E-state index >= 15 is 0 Å². The fourth-order valence-corrected chi connectivity index (χ4v) is 3.29. The highest BCUT2D eigenvalue weighted by Gasteiger charge is 2.26. The van der Waals surface area contributed by atoms with Crippen molar-refractivity contribution in [2.75, 3.05) is 6.61 Å². The van der Waals surface area contributed by atoms with Gasteiger partial charge in [0.2, 0.25) is 0 Å². The Morgan fingerprint density at radius 3 is 2.92 bits per heavy atom. The first kappa shape index (κ1) is 19.1. The van der Waals surface area contributed by atoms with Crippen molar-refractivity contribution in [1.82, 2.24) is 0 Å². The van der Waals surface area contributed by atoms with Crippen LogP contribution in [0.3, 0.4) is 0 Å². The summed E-state index contributed by atoms with van der Waals surface area (Å²) in [5.74, 6) is 7.25. The number of rotatable bonds is 5. The van der Waals surface area contributed by atoms with Crippen LogP contribution >= 0.6 is 0 Å². The minimum Gasteiger partial charge on any atom is -0.466 e. The van der Waals surface area contributed by atoms with Crippen LogP contribution in [0.5, 0.6) is 0 Å². The SMILES string of the molecule is CCOC(=O)CCc1ccc(C#CC=CC2=C(C)CCCC2(C)C)o1. The maximum Gasteiger partial charge on any atom is 0.306 e. The second-order valence-corrected chi connectivity index (χ2v) is 7.11. The van der Waals surface area contributed by atoms with Crippen LogP contribution in [0.2, 0.25) is 0 Å². The largest absolute Gasteiger partial charge is 0.466 e. The molecule has 0 N–H and O–H groups in total. The molecule has 134 valence electrons. The molecule has 0 unspecified atom stereocenters. The fraction of sp³-hybridized carbons (Fsp3) is 0.500. The van der Waals surface area contributed by atoms with E-state index in [-0.39, 0.29) is 11.4 Å². The summed E-state index contributed by atoms with van der Waals surface area (Å²) in [6.45, 7) is 9.03. The van der Waals surface area contributed by atoms with Gasteiger partial charge in [-0.05, 0) is 68.2 Å². The van der Waals surface area contributed by atoms with Crippen LogP contribution < -0.4 is 0 Å². The molecule has 0 amide bonds. The molecule has 25 heavy (non-hydrogen) atoms. The van der Waals surface area contributed by atoms with Gasteiger partial charge >= 0.3 is 5.97 Å². The van der Waals surface area contributed by atoms with Gasteiger partial charge in [-0.1, -0.05) is 31.4 Å². The fourth-order valence-electron chi connectivity index (χ4n) is 3.29. The van der Waals surface area contributed by atoms with Crippen molar-refractivity contribution in [3.63, 3.8) is 0 Å². The van der Waals surface area contributed by atoms with Crippen LogP contribution in [0.1, 0.15) is 64.9 Å². The van der Waals surface area contributed by atoms with Crippen molar-refractivity contribution < 1.29 is 13.9 Å². The van der Waals surface area contributed by atoms with Crippen LogP contribution in [0, 0.1) is 17.3 Å². The van der Waals surface area contributed by atoms with Crippen molar-refractivity contribution in [2.24, 2.45) is 5.41 Å². The van der Waals surface area contributed by atoms with E-state index in [1.54, 1.807) is 6.92 Å². The zero-order valence-corrected chi connectivity index (χ0v) is 15.8. The van der Waals surface area contributed by atoms with Gasteiger partial charge in [-0.25, -0.2) is 0 Å². The quantitative estimate of drug-likeness (QED) is 0.545. The molecule has 0 atom stereocenters. The zero-order chi connectivity index (χ0) is 18.3. The molecule has 3 nitrogen and oxygen atoms in total. The molecule has 1 aliphatic carbocycles. The Hall–Kier alpha value is -2.21. The maximum absolute atomic E-state index is 11.4. The van der Waals surface area contributed by atoms with Crippen LogP contribution in [0.15, 0.2) is 39.8 Å². The molecule has 0 radical (unpaired) electrons. The van der Waals surface area contributed by atoms with E-state index in [4.69, 9.17) is 9.15 Å². The highest BCUT2D eigenvalue weighted by atomic mass is 16.5. The van der Waals surface area contributed by atoms with E-state index in [1.807, 2.05) is 18.2 Å². The molecule has 1 aromatic rings. The average molecular weight is 340 g/mol. The Balaban J connectivity index is 1.95. The number of hydrogen-bond donors (Lipinski definition) is 0. The third-order valence-corrected chi connectivity index (χ3v) is 4.61. The first-order chi connectivity index (χ1) is 11.9. The van der Waals surface area contributed by atoms with Crippen molar-refractivity contribution in [2.45, 2.75) is 59.8 Å². The van der Waals surface area contributed by atoms with Gasteiger partial charge in [-0.2, -0.15) is 0 Å². The summed E-state index contributed by atoms with van der Waals surface area (Å²) in [5, 5.41) is 0. The Kier molecular flexibility index (Phi) is 6.70. The van der Waals surface area contributed by atoms with Gasteiger partial charge in [0, 0.05) is 6.42 Å². The van der Waals surface area contributed by atoms with Gasteiger partial charge in [-0.3, -0.25) is 4.79 Å². The molecular formula is C22H28O3. The van der Waals surface area contributed by atoms with E-state index in [1.165, 1.54) is 30.4 Å². The first-order valence-electron chi connectivity index (χ1n) is 9.05. The van der Waals surface area contributed by atoms with Crippen molar-refractivity contribution in [3.05, 3.63) is 47.0 Å². The smallest absolute Gasteiger partial charge is 0.306 e. The predicted molar refractivity (Wildman–Crippen MR) is 100 cm³/mol. The number of furan rings is 1. The number of hydrogen-bond acceptors (Lipinski definition) is 3. The molecule has 0 spiro atoms. The molecule has 1 heterocycles. The van der Waals surface area contributed by atoms with E-state index < -0.39 is 0 Å². The number of aryl methyl sites for hydroxylation is 1. The zero-order valence-electron chi connectivity index (χ0n) is 15.8. The molecular weight excluding hydrogens is 312 g/mol. The molecule has 1 aromatic heterocycles. The monoisotopic (exact) mass is 340 g/mol. The van der Waals surface area contributed by atoms with Crippen LogP contribution in [0.4, 0.5) is 0 Å². The lowest BCUT2D eigenvalue weighted by Crippen LogP contribution is -2.18. The Labute approximate surface area is 151 Å².